The van der Waals surface area contributed by atoms with Crippen LogP contribution in [0.2, 0.25) is 0 Å². The number of nitrogens with one attached hydrogen (secondary N) is 1. The van der Waals surface area contributed by atoms with E-state index in [9.17, 15) is 4.39 Å². The number of nitrogens with zero attached hydrogens (tertiary/aromatic N) is 4. The molecule has 0 aliphatic heterocycles. The molecule has 2 aromatic carbocycles. The van der Waals surface area contributed by atoms with Crippen molar-refractivity contribution in [2.24, 2.45) is 0 Å². The van der Waals surface area contributed by atoms with Gasteiger partial charge >= 0.3 is 0 Å². The molecule has 0 saturated heterocycles. The Bertz CT molecular complexity index is 1010. The normalized spacial score (nSPS) is 12.2. The van der Waals surface area contributed by atoms with Gasteiger partial charge in [-0.1, -0.05) is 12.1 Å². The second-order valence-electron chi connectivity index (χ2n) is 5.80. The molecule has 0 radical (unpaired) electrons. The number of hydrogen-bond donors (Lipinski definition) is 1. The van der Waals surface area contributed by atoms with E-state index >= 15 is 0 Å². The Hall–Kier alpha value is -3.28. The summed E-state index contributed by atoms with van der Waals surface area (Å²) < 4.78 is 15.4. The lowest BCUT2D eigenvalue weighted by Gasteiger charge is -2.17. The lowest BCUT2D eigenvalue weighted by atomic mass is 10.1. The molecule has 6 heteroatoms. The van der Waals surface area contributed by atoms with Crippen molar-refractivity contribution < 1.29 is 4.39 Å². The molecule has 2 heterocycles. The molecule has 5 nitrogen and oxygen atoms in total. The third-order valence-corrected chi connectivity index (χ3v) is 4.09. The first-order chi connectivity index (χ1) is 12.2. The highest BCUT2D eigenvalue weighted by atomic mass is 19.1. The SMILES string of the molecule is CC(Nc1ncnc2ccc(F)cc12)c1cccc(-n2cccn2)c1. The summed E-state index contributed by atoms with van der Waals surface area (Å²) in [7, 11) is 0. The highest BCUT2D eigenvalue weighted by Crippen LogP contribution is 2.25. The monoisotopic (exact) mass is 333 g/mol. The lowest BCUT2D eigenvalue weighted by molar-refractivity contribution is 0.629. The highest BCUT2D eigenvalue weighted by molar-refractivity contribution is 5.88. The summed E-state index contributed by atoms with van der Waals surface area (Å²) >= 11 is 0. The summed E-state index contributed by atoms with van der Waals surface area (Å²) in [5, 5.41) is 8.27. The Morgan fingerprint density at radius 1 is 1.08 bits per heavy atom. The fourth-order valence-corrected chi connectivity index (χ4v) is 2.79. The molecule has 0 aliphatic rings. The number of rotatable bonds is 4. The molecule has 4 aromatic rings. The molecule has 0 fully saturated rings. The van der Waals surface area contributed by atoms with Crippen LogP contribution in [-0.2, 0) is 0 Å². The number of hydrogen-bond acceptors (Lipinski definition) is 4. The van der Waals surface area contributed by atoms with Gasteiger partial charge in [0.25, 0.3) is 0 Å². The van der Waals surface area contributed by atoms with Crippen LogP contribution in [0.5, 0.6) is 0 Å². The van der Waals surface area contributed by atoms with Crippen molar-refractivity contribution in [3.8, 4) is 5.69 Å². The van der Waals surface area contributed by atoms with Crippen LogP contribution in [0.1, 0.15) is 18.5 Å². The molecule has 124 valence electrons. The van der Waals surface area contributed by atoms with Crippen LogP contribution in [0, 0.1) is 5.82 Å². The Morgan fingerprint density at radius 2 is 2.00 bits per heavy atom. The Labute approximate surface area is 144 Å². The summed E-state index contributed by atoms with van der Waals surface area (Å²) in [5.74, 6) is 0.306. The molecule has 1 atom stereocenters. The first-order valence-corrected chi connectivity index (χ1v) is 7.97. The number of aromatic nitrogens is 4. The second kappa shape index (κ2) is 6.32. The van der Waals surface area contributed by atoms with Crippen molar-refractivity contribution in [1.82, 2.24) is 19.7 Å². The number of benzene rings is 2. The first-order valence-electron chi connectivity index (χ1n) is 7.97. The largest absolute Gasteiger partial charge is 0.363 e. The number of fused-ring (bicyclic) bond motifs is 1. The van der Waals surface area contributed by atoms with Crippen molar-refractivity contribution in [2.45, 2.75) is 13.0 Å². The predicted molar refractivity (Wildman–Crippen MR) is 95.1 cm³/mol. The summed E-state index contributed by atoms with van der Waals surface area (Å²) in [6.07, 6.45) is 5.13. The fourth-order valence-electron chi connectivity index (χ4n) is 2.79. The zero-order chi connectivity index (χ0) is 17.2. The molecule has 0 saturated carbocycles. The molecule has 25 heavy (non-hydrogen) atoms. The molecule has 1 unspecified atom stereocenters. The Morgan fingerprint density at radius 3 is 2.84 bits per heavy atom. The summed E-state index contributed by atoms with van der Waals surface area (Å²) in [6.45, 7) is 2.04. The first kappa shape index (κ1) is 15.3. The Kier molecular flexibility index (Phi) is 3.85. The van der Waals surface area contributed by atoms with Crippen LogP contribution in [-0.4, -0.2) is 19.7 Å². The van der Waals surface area contributed by atoms with E-state index in [0.717, 1.165) is 11.3 Å². The van der Waals surface area contributed by atoms with E-state index < -0.39 is 0 Å². The van der Waals surface area contributed by atoms with E-state index in [2.05, 4.69) is 26.4 Å². The third kappa shape index (κ3) is 3.06. The van der Waals surface area contributed by atoms with Crippen LogP contribution in [0.3, 0.4) is 0 Å². The van der Waals surface area contributed by atoms with Gasteiger partial charge < -0.3 is 5.32 Å². The van der Waals surface area contributed by atoms with Crippen LogP contribution >= 0.6 is 0 Å². The quantitative estimate of drug-likeness (QED) is 0.610. The smallest absolute Gasteiger partial charge is 0.137 e. The van der Waals surface area contributed by atoms with Crippen LogP contribution in [0.4, 0.5) is 10.2 Å². The van der Waals surface area contributed by atoms with Crippen LogP contribution in [0.15, 0.2) is 67.3 Å². The van der Waals surface area contributed by atoms with Crippen molar-refractivity contribution in [3.05, 3.63) is 78.6 Å². The van der Waals surface area contributed by atoms with Crippen molar-refractivity contribution in [2.75, 3.05) is 5.32 Å². The van der Waals surface area contributed by atoms with Gasteiger partial charge in [0.15, 0.2) is 0 Å². The van der Waals surface area contributed by atoms with Gasteiger partial charge in [-0.15, -0.1) is 0 Å². The summed E-state index contributed by atoms with van der Waals surface area (Å²) in [5.41, 5.74) is 2.77. The van der Waals surface area contributed by atoms with Crippen molar-refractivity contribution >= 4 is 16.7 Å². The average molecular weight is 333 g/mol. The number of halogens is 1. The van der Waals surface area contributed by atoms with E-state index in [0.29, 0.717) is 16.7 Å². The van der Waals surface area contributed by atoms with Gasteiger partial charge in [0.2, 0.25) is 0 Å². The van der Waals surface area contributed by atoms with E-state index in [1.54, 1.807) is 12.3 Å². The van der Waals surface area contributed by atoms with Gasteiger partial charge in [0.1, 0.15) is 18.0 Å². The topological polar surface area (TPSA) is 55.6 Å². The van der Waals surface area contributed by atoms with E-state index in [1.807, 2.05) is 42.1 Å². The molecular formula is C19H16FN5. The summed E-state index contributed by atoms with van der Waals surface area (Å²) in [6, 6.07) is 14.5. The van der Waals surface area contributed by atoms with Crippen LogP contribution < -0.4 is 5.32 Å². The molecule has 2 aromatic heterocycles. The van der Waals surface area contributed by atoms with E-state index in [-0.39, 0.29) is 11.9 Å². The summed E-state index contributed by atoms with van der Waals surface area (Å²) in [4.78, 5) is 8.46. The minimum Gasteiger partial charge on any atom is -0.363 e. The minimum atomic E-state index is -0.307. The standard InChI is InChI=1S/C19H16FN5/c1-13(14-4-2-5-16(10-14)25-9-3-8-23-25)24-19-17-11-15(20)6-7-18(17)21-12-22-19/h2-13H,1H3,(H,21,22,24). The maximum Gasteiger partial charge on any atom is 0.137 e. The van der Waals surface area contributed by atoms with Crippen LogP contribution in [0.25, 0.3) is 16.6 Å². The average Bonchev–Trinajstić information content (AvgIpc) is 3.17. The van der Waals surface area contributed by atoms with E-state index in [4.69, 9.17) is 0 Å². The molecule has 0 aliphatic carbocycles. The van der Waals surface area contributed by atoms with Crippen molar-refractivity contribution in [3.63, 3.8) is 0 Å². The van der Waals surface area contributed by atoms with Gasteiger partial charge in [0.05, 0.1) is 17.2 Å². The van der Waals surface area contributed by atoms with Crippen molar-refractivity contribution in [1.29, 1.82) is 0 Å². The van der Waals surface area contributed by atoms with Gasteiger partial charge in [-0.3, -0.25) is 0 Å². The van der Waals surface area contributed by atoms with Gasteiger partial charge in [0, 0.05) is 17.8 Å². The predicted octanol–water partition coefficient (Wildman–Crippen LogP) is 4.13. The number of anilines is 1. The molecular weight excluding hydrogens is 317 g/mol. The zero-order valence-corrected chi connectivity index (χ0v) is 13.6. The van der Waals surface area contributed by atoms with Gasteiger partial charge in [-0.25, -0.2) is 19.0 Å². The minimum absolute atomic E-state index is 0.0168. The molecule has 0 spiro atoms. The van der Waals surface area contributed by atoms with E-state index in [1.165, 1.54) is 18.5 Å². The fraction of sp³-hybridized carbons (Fsp3) is 0.105. The molecule has 0 amide bonds. The third-order valence-electron chi connectivity index (χ3n) is 4.09. The zero-order valence-electron chi connectivity index (χ0n) is 13.6. The maximum absolute atomic E-state index is 13.6. The molecule has 0 bridgehead atoms. The van der Waals surface area contributed by atoms with Gasteiger partial charge in [-0.2, -0.15) is 5.10 Å². The molecule has 1 N–H and O–H groups in total. The lowest BCUT2D eigenvalue weighted by Crippen LogP contribution is -2.09. The second-order valence-corrected chi connectivity index (χ2v) is 5.80. The van der Waals surface area contributed by atoms with Gasteiger partial charge in [-0.05, 0) is 48.9 Å². The maximum atomic E-state index is 13.6. The highest BCUT2D eigenvalue weighted by Gasteiger charge is 2.11. The molecule has 4 rings (SSSR count). The Balaban J connectivity index is 1.66.